The van der Waals surface area contributed by atoms with E-state index in [2.05, 4.69) is 10.1 Å². The van der Waals surface area contributed by atoms with Gasteiger partial charge < -0.3 is 19.8 Å². The Morgan fingerprint density at radius 2 is 2.00 bits per heavy atom. The molecule has 0 saturated heterocycles. The number of nitrogens with zero attached hydrogens (tertiary/aromatic N) is 5. The highest BCUT2D eigenvalue weighted by Crippen LogP contribution is 2.33. The van der Waals surface area contributed by atoms with E-state index in [-0.39, 0.29) is 18.3 Å². The van der Waals surface area contributed by atoms with Gasteiger partial charge in [0.05, 0.1) is 6.61 Å². The fraction of sp³-hybridized carbons (Fsp3) is 0.320. The van der Waals surface area contributed by atoms with Crippen molar-refractivity contribution >= 4 is 11.6 Å². The molecule has 0 fully saturated rings. The van der Waals surface area contributed by atoms with Crippen molar-refractivity contribution < 1.29 is 13.9 Å². The second-order valence-corrected chi connectivity index (χ2v) is 8.38. The molecule has 0 saturated carbocycles. The Hall–Kier alpha value is -3.72. The molecular formula is C25H29FN6O2. The number of ether oxygens (including phenoxy) is 1. The molecule has 3 aromatic heterocycles. The van der Waals surface area contributed by atoms with Crippen molar-refractivity contribution in [3.8, 4) is 16.9 Å². The summed E-state index contributed by atoms with van der Waals surface area (Å²) in [6, 6.07) is 8.66. The third-order valence-electron chi connectivity index (χ3n) is 5.93. The minimum Gasteiger partial charge on any atom is -0.490 e. The van der Waals surface area contributed by atoms with Crippen LogP contribution in [0.4, 0.5) is 4.39 Å². The smallest absolute Gasteiger partial charge is 0.274 e. The molecule has 178 valence electrons. The monoisotopic (exact) mass is 464 g/mol. The van der Waals surface area contributed by atoms with Crippen molar-refractivity contribution in [2.75, 3.05) is 27.2 Å². The Kier molecular flexibility index (Phi) is 6.65. The minimum atomic E-state index is -0.446. The molecule has 1 aromatic carbocycles. The minimum absolute atomic E-state index is 0.171. The summed E-state index contributed by atoms with van der Waals surface area (Å²) in [6.45, 7) is 2.61. The number of hydrogen-bond donors (Lipinski definition) is 1. The number of nitrogens with two attached hydrogens (primary N) is 1. The number of halogens is 1. The van der Waals surface area contributed by atoms with Crippen molar-refractivity contribution in [2.45, 2.75) is 19.8 Å². The average Bonchev–Trinajstić information content (AvgIpc) is 3.35. The maximum absolute atomic E-state index is 14.9. The van der Waals surface area contributed by atoms with Crippen LogP contribution in [-0.2, 0) is 19.9 Å². The molecule has 4 aromatic rings. The molecule has 1 amide bonds. The number of benzene rings is 1. The summed E-state index contributed by atoms with van der Waals surface area (Å²) < 4.78 is 24.5. The van der Waals surface area contributed by atoms with Crippen LogP contribution in [0.2, 0.25) is 0 Å². The highest BCUT2D eigenvalue weighted by molar-refractivity contribution is 5.93. The van der Waals surface area contributed by atoms with Crippen LogP contribution >= 0.6 is 0 Å². The van der Waals surface area contributed by atoms with Gasteiger partial charge in [-0.05, 0) is 31.7 Å². The highest BCUT2D eigenvalue weighted by atomic mass is 19.1. The summed E-state index contributed by atoms with van der Waals surface area (Å²) in [4.78, 5) is 18.4. The lowest BCUT2D eigenvalue weighted by atomic mass is 10.1. The van der Waals surface area contributed by atoms with E-state index < -0.39 is 5.82 Å². The number of imidazole rings is 1. The number of para-hydroxylation sites is 1. The molecule has 0 aliphatic carbocycles. The van der Waals surface area contributed by atoms with Gasteiger partial charge in [0, 0.05) is 74.5 Å². The number of aromatic nitrogens is 4. The van der Waals surface area contributed by atoms with E-state index in [1.807, 2.05) is 35.7 Å². The van der Waals surface area contributed by atoms with Crippen molar-refractivity contribution in [2.24, 2.45) is 12.8 Å². The first-order valence-corrected chi connectivity index (χ1v) is 11.1. The van der Waals surface area contributed by atoms with E-state index in [1.54, 1.807) is 38.1 Å². The number of carbonyl (C=O) groups is 1. The van der Waals surface area contributed by atoms with Crippen molar-refractivity contribution in [3.63, 3.8) is 0 Å². The van der Waals surface area contributed by atoms with Crippen LogP contribution < -0.4 is 10.5 Å². The molecule has 0 radical (unpaired) electrons. The molecule has 0 bridgehead atoms. The summed E-state index contributed by atoms with van der Waals surface area (Å²) in [5.74, 6) is -0.450. The van der Waals surface area contributed by atoms with Gasteiger partial charge in [-0.25, -0.2) is 9.37 Å². The number of amides is 1. The molecule has 9 heteroatoms. The molecular weight excluding hydrogens is 435 g/mol. The van der Waals surface area contributed by atoms with E-state index in [0.29, 0.717) is 30.6 Å². The Bertz CT molecular complexity index is 1340. The fourth-order valence-electron chi connectivity index (χ4n) is 4.00. The van der Waals surface area contributed by atoms with Crippen molar-refractivity contribution in [3.05, 3.63) is 71.2 Å². The van der Waals surface area contributed by atoms with Crippen LogP contribution in [0.15, 0.2) is 42.7 Å². The lowest BCUT2D eigenvalue weighted by Gasteiger charge is -2.14. The standard InChI is InChI=1S/C25H29FN6O2/c1-16-19(23(29-31(16)4)25(33)30(2)3)11-13-34-24-20(6-5-7-21(24)26)17-8-9-22-28-14-18(10-12-27)32(22)15-17/h5-9,14-15H,10-13,27H2,1-4H3. The molecule has 34 heavy (non-hydrogen) atoms. The Balaban J connectivity index is 1.62. The third kappa shape index (κ3) is 4.38. The van der Waals surface area contributed by atoms with Crippen LogP contribution in [0.3, 0.4) is 0 Å². The molecule has 0 unspecified atom stereocenters. The van der Waals surface area contributed by atoms with Gasteiger partial charge in [-0.15, -0.1) is 0 Å². The molecule has 2 N–H and O–H groups in total. The third-order valence-corrected chi connectivity index (χ3v) is 5.93. The summed E-state index contributed by atoms with van der Waals surface area (Å²) in [5, 5.41) is 4.37. The lowest BCUT2D eigenvalue weighted by Crippen LogP contribution is -2.23. The van der Waals surface area contributed by atoms with Crippen LogP contribution in [-0.4, -0.2) is 57.2 Å². The second kappa shape index (κ2) is 9.64. The predicted octanol–water partition coefficient (Wildman–Crippen LogP) is 3.01. The van der Waals surface area contributed by atoms with Crippen LogP contribution in [0.1, 0.15) is 27.4 Å². The Morgan fingerprint density at radius 3 is 2.74 bits per heavy atom. The van der Waals surface area contributed by atoms with Gasteiger partial charge in [0.25, 0.3) is 5.91 Å². The molecule has 4 rings (SSSR count). The molecule has 3 heterocycles. The first-order chi connectivity index (χ1) is 16.3. The van der Waals surface area contributed by atoms with E-state index in [0.717, 1.165) is 28.2 Å². The average molecular weight is 465 g/mol. The zero-order valence-corrected chi connectivity index (χ0v) is 19.9. The maximum atomic E-state index is 14.9. The van der Waals surface area contributed by atoms with Crippen LogP contribution in [0.25, 0.3) is 16.8 Å². The molecule has 0 aliphatic rings. The van der Waals surface area contributed by atoms with Gasteiger partial charge in [-0.3, -0.25) is 9.48 Å². The zero-order chi connectivity index (χ0) is 24.4. The summed E-state index contributed by atoms with van der Waals surface area (Å²) in [7, 11) is 5.18. The molecule has 0 aliphatic heterocycles. The topological polar surface area (TPSA) is 90.7 Å². The van der Waals surface area contributed by atoms with Crippen molar-refractivity contribution in [1.82, 2.24) is 24.1 Å². The maximum Gasteiger partial charge on any atom is 0.274 e. The van der Waals surface area contributed by atoms with E-state index >= 15 is 0 Å². The first kappa shape index (κ1) is 23.4. The predicted molar refractivity (Wildman–Crippen MR) is 129 cm³/mol. The fourth-order valence-corrected chi connectivity index (χ4v) is 4.00. The normalized spacial score (nSPS) is 11.2. The molecule has 0 atom stereocenters. The number of carbonyl (C=O) groups excluding carboxylic acids is 1. The van der Waals surface area contributed by atoms with Crippen LogP contribution in [0, 0.1) is 12.7 Å². The highest BCUT2D eigenvalue weighted by Gasteiger charge is 2.21. The van der Waals surface area contributed by atoms with Gasteiger partial charge in [0.2, 0.25) is 0 Å². The number of hydrogen-bond acceptors (Lipinski definition) is 5. The van der Waals surface area contributed by atoms with Gasteiger partial charge in [-0.1, -0.05) is 12.1 Å². The van der Waals surface area contributed by atoms with E-state index in [4.69, 9.17) is 10.5 Å². The Morgan fingerprint density at radius 1 is 1.21 bits per heavy atom. The van der Waals surface area contributed by atoms with Crippen molar-refractivity contribution in [1.29, 1.82) is 0 Å². The number of pyridine rings is 1. The van der Waals surface area contributed by atoms with Gasteiger partial charge in [0.15, 0.2) is 17.3 Å². The van der Waals surface area contributed by atoms with Crippen LogP contribution in [0.5, 0.6) is 5.75 Å². The van der Waals surface area contributed by atoms with Gasteiger partial charge in [-0.2, -0.15) is 5.10 Å². The summed E-state index contributed by atoms with van der Waals surface area (Å²) in [6.07, 6.45) is 4.84. The number of fused-ring (bicyclic) bond motifs is 1. The van der Waals surface area contributed by atoms with E-state index in [9.17, 15) is 9.18 Å². The number of aryl methyl sites for hydroxylation is 1. The molecule has 8 nitrogen and oxygen atoms in total. The largest absolute Gasteiger partial charge is 0.490 e. The zero-order valence-electron chi connectivity index (χ0n) is 19.9. The quantitative estimate of drug-likeness (QED) is 0.433. The molecule has 0 spiro atoms. The van der Waals surface area contributed by atoms with Gasteiger partial charge in [0.1, 0.15) is 5.65 Å². The Labute approximate surface area is 197 Å². The lowest BCUT2D eigenvalue weighted by molar-refractivity contribution is 0.0820. The number of rotatable bonds is 8. The first-order valence-electron chi connectivity index (χ1n) is 11.1. The summed E-state index contributed by atoms with van der Waals surface area (Å²) >= 11 is 0. The van der Waals surface area contributed by atoms with E-state index in [1.165, 1.54) is 11.0 Å². The SMILES string of the molecule is Cc1c(CCOc2c(F)cccc2-c2ccc3ncc(CCN)n3c2)c(C(=O)N(C)C)nn1C. The summed E-state index contributed by atoms with van der Waals surface area (Å²) in [5.41, 5.74) is 11.0. The second-order valence-electron chi connectivity index (χ2n) is 8.38. The van der Waals surface area contributed by atoms with Gasteiger partial charge >= 0.3 is 0 Å².